The number of nitrogens with zero attached hydrogens (tertiary/aromatic N) is 1. The van der Waals surface area contributed by atoms with Crippen LogP contribution in [0.2, 0.25) is 5.02 Å². The number of rotatable bonds is 5. The smallest absolute Gasteiger partial charge is 0.238 e. The van der Waals surface area contributed by atoms with E-state index in [-0.39, 0.29) is 24.3 Å². The number of amides is 1. The van der Waals surface area contributed by atoms with Crippen molar-refractivity contribution in [3.8, 4) is 0 Å². The number of halogens is 2. The van der Waals surface area contributed by atoms with E-state index in [1.165, 1.54) is 24.3 Å². The standard InChI is InChI=1S/C17H18ClFN2O/c1-12(15-5-3-4-6-16(15)18)21(2)11-17(22)20-14-9-7-13(19)8-10-14/h3-10,12H,11H2,1-2H3,(H,20,22)/t12-/m1/s1. The van der Waals surface area contributed by atoms with Gasteiger partial charge in [-0.15, -0.1) is 0 Å². The van der Waals surface area contributed by atoms with Crippen LogP contribution in [0, 0.1) is 5.82 Å². The summed E-state index contributed by atoms with van der Waals surface area (Å²) < 4.78 is 12.8. The van der Waals surface area contributed by atoms with Crippen LogP contribution in [0.4, 0.5) is 10.1 Å². The van der Waals surface area contributed by atoms with Crippen molar-refractivity contribution in [3.05, 3.63) is 64.9 Å². The number of nitrogens with one attached hydrogen (secondary N) is 1. The van der Waals surface area contributed by atoms with Crippen LogP contribution < -0.4 is 5.32 Å². The van der Waals surface area contributed by atoms with Gasteiger partial charge in [0.1, 0.15) is 5.82 Å². The van der Waals surface area contributed by atoms with Crippen molar-refractivity contribution < 1.29 is 9.18 Å². The van der Waals surface area contributed by atoms with Crippen LogP contribution in [-0.2, 0) is 4.79 Å². The normalized spacial score (nSPS) is 12.2. The molecule has 2 aromatic carbocycles. The lowest BCUT2D eigenvalue weighted by Gasteiger charge is -2.25. The van der Waals surface area contributed by atoms with Crippen molar-refractivity contribution in [1.29, 1.82) is 0 Å². The molecule has 1 N–H and O–H groups in total. The fourth-order valence-corrected chi connectivity index (χ4v) is 2.44. The maximum absolute atomic E-state index is 12.8. The lowest BCUT2D eigenvalue weighted by molar-refractivity contribution is -0.117. The number of anilines is 1. The minimum absolute atomic E-state index is 0.00710. The number of likely N-dealkylation sites (N-methyl/N-ethyl adjacent to an activating group) is 1. The van der Waals surface area contributed by atoms with Crippen molar-refractivity contribution in [1.82, 2.24) is 4.90 Å². The monoisotopic (exact) mass is 320 g/mol. The third kappa shape index (κ3) is 4.29. The molecule has 0 aliphatic heterocycles. The fourth-order valence-electron chi connectivity index (χ4n) is 2.15. The van der Waals surface area contributed by atoms with E-state index in [0.29, 0.717) is 10.7 Å². The third-order valence-corrected chi connectivity index (χ3v) is 3.88. The molecule has 0 aromatic heterocycles. The molecule has 3 nitrogen and oxygen atoms in total. The summed E-state index contributed by atoms with van der Waals surface area (Å²) in [6.07, 6.45) is 0. The molecule has 0 unspecified atom stereocenters. The predicted molar refractivity (Wildman–Crippen MR) is 87.5 cm³/mol. The van der Waals surface area contributed by atoms with Crippen molar-refractivity contribution >= 4 is 23.2 Å². The Labute approximate surface area is 134 Å². The highest BCUT2D eigenvalue weighted by molar-refractivity contribution is 6.31. The molecule has 0 aliphatic carbocycles. The Hall–Kier alpha value is -1.91. The molecule has 0 saturated heterocycles. The van der Waals surface area contributed by atoms with Crippen LogP contribution in [-0.4, -0.2) is 24.4 Å². The Kier molecular flexibility index (Phi) is 5.52. The number of benzene rings is 2. The average Bonchev–Trinajstić information content (AvgIpc) is 2.49. The second-order valence-electron chi connectivity index (χ2n) is 5.17. The van der Waals surface area contributed by atoms with E-state index in [9.17, 15) is 9.18 Å². The third-order valence-electron chi connectivity index (χ3n) is 3.54. The maximum atomic E-state index is 12.8. The van der Waals surface area contributed by atoms with E-state index in [0.717, 1.165) is 5.56 Å². The highest BCUT2D eigenvalue weighted by atomic mass is 35.5. The molecule has 5 heteroatoms. The van der Waals surface area contributed by atoms with Crippen molar-refractivity contribution in [3.63, 3.8) is 0 Å². The molecule has 116 valence electrons. The first-order chi connectivity index (χ1) is 10.5. The predicted octanol–water partition coefficient (Wildman–Crippen LogP) is 4.11. The zero-order valence-corrected chi connectivity index (χ0v) is 13.3. The number of hydrogen-bond donors (Lipinski definition) is 1. The molecule has 0 aliphatic rings. The summed E-state index contributed by atoms with van der Waals surface area (Å²) in [5.74, 6) is -0.490. The molecule has 0 spiro atoms. The molecule has 0 radical (unpaired) electrons. The SMILES string of the molecule is C[C@H](c1ccccc1Cl)N(C)CC(=O)Nc1ccc(F)cc1. The van der Waals surface area contributed by atoms with E-state index in [2.05, 4.69) is 5.32 Å². The second kappa shape index (κ2) is 7.38. The van der Waals surface area contributed by atoms with Gasteiger partial charge in [0.05, 0.1) is 6.54 Å². The first kappa shape index (κ1) is 16.5. The molecular weight excluding hydrogens is 303 g/mol. The van der Waals surface area contributed by atoms with Gasteiger partial charge in [0.2, 0.25) is 5.91 Å². The molecule has 2 aromatic rings. The summed E-state index contributed by atoms with van der Waals surface area (Å²) in [6, 6.07) is 13.3. The molecule has 1 atom stereocenters. The lowest BCUT2D eigenvalue weighted by Crippen LogP contribution is -2.32. The molecule has 0 heterocycles. The van der Waals surface area contributed by atoms with E-state index in [1.807, 2.05) is 43.1 Å². The van der Waals surface area contributed by atoms with Gasteiger partial charge in [0.15, 0.2) is 0 Å². The van der Waals surface area contributed by atoms with E-state index in [4.69, 9.17) is 11.6 Å². The summed E-state index contributed by atoms with van der Waals surface area (Å²) in [7, 11) is 1.86. The highest BCUT2D eigenvalue weighted by Crippen LogP contribution is 2.25. The Morgan fingerprint density at radius 1 is 1.23 bits per heavy atom. The van der Waals surface area contributed by atoms with Crippen LogP contribution in [0.25, 0.3) is 0 Å². The Morgan fingerprint density at radius 3 is 2.50 bits per heavy atom. The summed E-state index contributed by atoms with van der Waals surface area (Å²) >= 11 is 6.18. The van der Waals surface area contributed by atoms with Crippen LogP contribution in [0.1, 0.15) is 18.5 Å². The van der Waals surface area contributed by atoms with Gasteiger partial charge in [0.25, 0.3) is 0 Å². The molecule has 0 saturated carbocycles. The van der Waals surface area contributed by atoms with Gasteiger partial charge in [-0.3, -0.25) is 9.69 Å². The number of hydrogen-bond acceptors (Lipinski definition) is 2. The van der Waals surface area contributed by atoms with Gasteiger partial charge in [-0.2, -0.15) is 0 Å². The van der Waals surface area contributed by atoms with E-state index in [1.54, 1.807) is 0 Å². The maximum Gasteiger partial charge on any atom is 0.238 e. The zero-order chi connectivity index (χ0) is 16.1. The zero-order valence-electron chi connectivity index (χ0n) is 12.5. The summed E-state index contributed by atoms with van der Waals surface area (Å²) in [5, 5.41) is 3.42. The largest absolute Gasteiger partial charge is 0.325 e. The topological polar surface area (TPSA) is 32.3 Å². The molecule has 0 bridgehead atoms. The molecule has 0 fully saturated rings. The van der Waals surface area contributed by atoms with Crippen LogP contribution in [0.3, 0.4) is 0 Å². The Morgan fingerprint density at radius 2 is 1.86 bits per heavy atom. The highest BCUT2D eigenvalue weighted by Gasteiger charge is 2.17. The van der Waals surface area contributed by atoms with Crippen molar-refractivity contribution in [2.75, 3.05) is 18.9 Å². The summed E-state index contributed by atoms with van der Waals surface area (Å²) in [6.45, 7) is 2.20. The van der Waals surface area contributed by atoms with Gasteiger partial charge in [-0.25, -0.2) is 4.39 Å². The first-order valence-electron chi connectivity index (χ1n) is 6.97. The van der Waals surface area contributed by atoms with Crippen LogP contribution >= 0.6 is 11.6 Å². The Bertz CT molecular complexity index is 645. The fraction of sp³-hybridized carbons (Fsp3) is 0.235. The van der Waals surface area contributed by atoms with Gasteiger partial charge in [-0.05, 0) is 49.9 Å². The molecular formula is C17H18ClFN2O. The number of carbonyl (C=O) groups excluding carboxylic acids is 1. The van der Waals surface area contributed by atoms with Crippen molar-refractivity contribution in [2.45, 2.75) is 13.0 Å². The lowest BCUT2D eigenvalue weighted by atomic mass is 10.1. The van der Waals surface area contributed by atoms with Crippen LogP contribution in [0.5, 0.6) is 0 Å². The van der Waals surface area contributed by atoms with Crippen LogP contribution in [0.15, 0.2) is 48.5 Å². The van der Waals surface area contributed by atoms with Crippen molar-refractivity contribution in [2.24, 2.45) is 0 Å². The van der Waals surface area contributed by atoms with Gasteiger partial charge >= 0.3 is 0 Å². The summed E-state index contributed by atoms with van der Waals surface area (Å²) in [5.41, 5.74) is 1.55. The Balaban J connectivity index is 1.96. The molecule has 22 heavy (non-hydrogen) atoms. The minimum Gasteiger partial charge on any atom is -0.325 e. The molecule has 1 amide bonds. The second-order valence-corrected chi connectivity index (χ2v) is 5.57. The number of carbonyl (C=O) groups is 1. The average molecular weight is 321 g/mol. The summed E-state index contributed by atoms with van der Waals surface area (Å²) in [4.78, 5) is 14.0. The van der Waals surface area contributed by atoms with E-state index >= 15 is 0 Å². The quantitative estimate of drug-likeness (QED) is 0.899. The van der Waals surface area contributed by atoms with E-state index < -0.39 is 0 Å². The first-order valence-corrected chi connectivity index (χ1v) is 7.35. The minimum atomic E-state index is -0.331. The van der Waals surface area contributed by atoms with Gasteiger partial charge in [-0.1, -0.05) is 29.8 Å². The van der Waals surface area contributed by atoms with Gasteiger partial charge in [0, 0.05) is 16.8 Å². The van der Waals surface area contributed by atoms with Gasteiger partial charge < -0.3 is 5.32 Å². The molecule has 2 rings (SSSR count).